The second kappa shape index (κ2) is 4.42. The Morgan fingerprint density at radius 2 is 1.69 bits per heavy atom. The molecule has 0 spiro atoms. The summed E-state index contributed by atoms with van der Waals surface area (Å²) in [7, 11) is 0. The van der Waals surface area contributed by atoms with E-state index in [1.54, 1.807) is 11.1 Å². The van der Waals surface area contributed by atoms with Gasteiger partial charge < -0.3 is 4.74 Å². The summed E-state index contributed by atoms with van der Waals surface area (Å²) in [4.78, 5) is 0. The van der Waals surface area contributed by atoms with Gasteiger partial charge in [-0.05, 0) is 43.2 Å². The first kappa shape index (κ1) is 10.1. The lowest BCUT2D eigenvalue weighted by atomic mass is 9.86. The van der Waals surface area contributed by atoms with E-state index in [-0.39, 0.29) is 0 Å². The highest BCUT2D eigenvalue weighted by atomic mass is 16.5. The first-order chi connectivity index (χ1) is 7.93. The zero-order valence-corrected chi connectivity index (χ0v) is 9.61. The highest BCUT2D eigenvalue weighted by Crippen LogP contribution is 2.37. The van der Waals surface area contributed by atoms with E-state index in [1.807, 2.05) is 0 Å². The monoisotopic (exact) mass is 214 g/mol. The summed E-state index contributed by atoms with van der Waals surface area (Å²) in [5.41, 5.74) is 4.62. The third kappa shape index (κ3) is 1.92. The lowest BCUT2D eigenvalue weighted by molar-refractivity contribution is 0.0529. The van der Waals surface area contributed by atoms with Crippen LogP contribution >= 0.6 is 0 Å². The van der Waals surface area contributed by atoms with Crippen molar-refractivity contribution in [3.05, 3.63) is 47.0 Å². The largest absolute Gasteiger partial charge is 0.369 e. The zero-order valence-electron chi connectivity index (χ0n) is 9.61. The Morgan fingerprint density at radius 1 is 0.938 bits per heavy atom. The number of ether oxygens (including phenoxy) is 1. The average molecular weight is 214 g/mol. The molecule has 0 bridgehead atoms. The Labute approximate surface area is 97.1 Å². The quantitative estimate of drug-likeness (QED) is 0.642. The van der Waals surface area contributed by atoms with Crippen molar-refractivity contribution in [2.45, 2.75) is 38.2 Å². The standard InChI is InChI=1S/C15H18O/c1-2-6-12(7-3-1)15-10-13-8-4-5-9-14(13)11-16-15/h1-3,6-7,15H,4-5,8-11H2. The molecule has 1 heterocycles. The van der Waals surface area contributed by atoms with Crippen molar-refractivity contribution < 1.29 is 4.74 Å². The maximum Gasteiger partial charge on any atom is 0.0866 e. The van der Waals surface area contributed by atoms with E-state index >= 15 is 0 Å². The van der Waals surface area contributed by atoms with Crippen LogP contribution < -0.4 is 0 Å². The Bertz CT molecular complexity index is 391. The molecule has 1 aliphatic carbocycles. The van der Waals surface area contributed by atoms with Crippen molar-refractivity contribution in [3.8, 4) is 0 Å². The van der Waals surface area contributed by atoms with E-state index < -0.39 is 0 Å². The summed E-state index contributed by atoms with van der Waals surface area (Å²) in [6.45, 7) is 0.870. The molecule has 0 saturated heterocycles. The fourth-order valence-electron chi connectivity index (χ4n) is 2.82. The second-order valence-corrected chi connectivity index (χ2v) is 4.83. The average Bonchev–Trinajstić information content (AvgIpc) is 2.39. The highest BCUT2D eigenvalue weighted by Gasteiger charge is 2.24. The van der Waals surface area contributed by atoms with Gasteiger partial charge in [-0.25, -0.2) is 0 Å². The van der Waals surface area contributed by atoms with Crippen molar-refractivity contribution in [3.63, 3.8) is 0 Å². The summed E-state index contributed by atoms with van der Waals surface area (Å²) in [5.74, 6) is 0. The Morgan fingerprint density at radius 3 is 2.50 bits per heavy atom. The van der Waals surface area contributed by atoms with Gasteiger partial charge in [0.25, 0.3) is 0 Å². The number of rotatable bonds is 1. The molecule has 0 aromatic heterocycles. The number of hydrogen-bond donors (Lipinski definition) is 0. The van der Waals surface area contributed by atoms with Gasteiger partial charge in [0.1, 0.15) is 0 Å². The minimum Gasteiger partial charge on any atom is -0.369 e. The summed E-state index contributed by atoms with van der Waals surface area (Å²) in [6, 6.07) is 10.6. The molecule has 1 aromatic carbocycles. The normalized spacial score (nSPS) is 25.4. The van der Waals surface area contributed by atoms with E-state index in [2.05, 4.69) is 30.3 Å². The summed E-state index contributed by atoms with van der Waals surface area (Å²) in [5, 5.41) is 0. The van der Waals surface area contributed by atoms with Crippen LogP contribution in [0.1, 0.15) is 43.8 Å². The number of hydrogen-bond acceptors (Lipinski definition) is 1. The van der Waals surface area contributed by atoms with E-state index in [0.717, 1.165) is 13.0 Å². The molecular formula is C15H18O. The third-order valence-corrected chi connectivity index (χ3v) is 3.77. The molecule has 1 nitrogen and oxygen atoms in total. The van der Waals surface area contributed by atoms with Crippen molar-refractivity contribution >= 4 is 0 Å². The SMILES string of the molecule is c1ccc(C2CC3=C(CCCC3)CO2)cc1. The van der Waals surface area contributed by atoms with Crippen LogP contribution in [-0.2, 0) is 4.74 Å². The molecule has 0 N–H and O–H groups in total. The van der Waals surface area contributed by atoms with Crippen molar-refractivity contribution in [1.82, 2.24) is 0 Å². The van der Waals surface area contributed by atoms with Gasteiger partial charge in [-0.3, -0.25) is 0 Å². The lowest BCUT2D eigenvalue weighted by Gasteiger charge is -2.31. The molecule has 1 atom stereocenters. The van der Waals surface area contributed by atoms with Crippen molar-refractivity contribution in [2.75, 3.05) is 6.61 Å². The molecule has 0 fully saturated rings. The molecule has 1 heteroatoms. The van der Waals surface area contributed by atoms with Gasteiger partial charge in [0.05, 0.1) is 12.7 Å². The highest BCUT2D eigenvalue weighted by molar-refractivity contribution is 5.26. The maximum absolute atomic E-state index is 5.98. The third-order valence-electron chi connectivity index (χ3n) is 3.77. The molecule has 1 aliphatic heterocycles. The first-order valence-electron chi connectivity index (χ1n) is 6.30. The minimum absolute atomic E-state index is 0.304. The second-order valence-electron chi connectivity index (χ2n) is 4.83. The van der Waals surface area contributed by atoms with Gasteiger partial charge in [-0.15, -0.1) is 0 Å². The van der Waals surface area contributed by atoms with Crippen LogP contribution in [0.3, 0.4) is 0 Å². The van der Waals surface area contributed by atoms with E-state index in [4.69, 9.17) is 4.74 Å². The number of benzene rings is 1. The Kier molecular flexibility index (Phi) is 2.79. The van der Waals surface area contributed by atoms with Crippen LogP contribution in [-0.4, -0.2) is 6.61 Å². The molecule has 0 saturated carbocycles. The minimum atomic E-state index is 0.304. The van der Waals surface area contributed by atoms with Gasteiger partial charge in [0.15, 0.2) is 0 Å². The smallest absolute Gasteiger partial charge is 0.0866 e. The summed E-state index contributed by atoms with van der Waals surface area (Å²) < 4.78 is 5.98. The fraction of sp³-hybridized carbons (Fsp3) is 0.467. The van der Waals surface area contributed by atoms with Gasteiger partial charge in [-0.2, -0.15) is 0 Å². The van der Waals surface area contributed by atoms with Crippen molar-refractivity contribution in [2.24, 2.45) is 0 Å². The molecule has 0 amide bonds. The van der Waals surface area contributed by atoms with Crippen molar-refractivity contribution in [1.29, 1.82) is 0 Å². The first-order valence-corrected chi connectivity index (χ1v) is 6.30. The van der Waals surface area contributed by atoms with Gasteiger partial charge in [0, 0.05) is 0 Å². The zero-order chi connectivity index (χ0) is 10.8. The molecule has 84 valence electrons. The maximum atomic E-state index is 5.98. The predicted octanol–water partition coefficient (Wildman–Crippen LogP) is 4.02. The molecular weight excluding hydrogens is 196 g/mol. The predicted molar refractivity (Wildman–Crippen MR) is 65.2 cm³/mol. The van der Waals surface area contributed by atoms with Gasteiger partial charge in [0.2, 0.25) is 0 Å². The van der Waals surface area contributed by atoms with Gasteiger partial charge in [-0.1, -0.05) is 35.9 Å². The van der Waals surface area contributed by atoms with E-state index in [9.17, 15) is 0 Å². The molecule has 3 rings (SSSR count). The molecule has 2 aliphatic rings. The summed E-state index contributed by atoms with van der Waals surface area (Å²) >= 11 is 0. The van der Waals surface area contributed by atoms with Crippen LogP contribution in [0.4, 0.5) is 0 Å². The Balaban J connectivity index is 1.80. The Hall–Kier alpha value is -1.08. The van der Waals surface area contributed by atoms with Crippen LogP contribution in [0.15, 0.2) is 41.5 Å². The van der Waals surface area contributed by atoms with Crippen LogP contribution in [0.25, 0.3) is 0 Å². The van der Waals surface area contributed by atoms with Crippen LogP contribution in [0, 0.1) is 0 Å². The van der Waals surface area contributed by atoms with Crippen LogP contribution in [0.2, 0.25) is 0 Å². The molecule has 0 radical (unpaired) electrons. The topological polar surface area (TPSA) is 9.23 Å². The van der Waals surface area contributed by atoms with E-state index in [0.29, 0.717) is 6.10 Å². The van der Waals surface area contributed by atoms with E-state index in [1.165, 1.54) is 31.2 Å². The fourth-order valence-corrected chi connectivity index (χ4v) is 2.82. The van der Waals surface area contributed by atoms with Crippen LogP contribution in [0.5, 0.6) is 0 Å². The lowest BCUT2D eigenvalue weighted by Crippen LogP contribution is -2.18. The van der Waals surface area contributed by atoms with Gasteiger partial charge >= 0.3 is 0 Å². The summed E-state index contributed by atoms with van der Waals surface area (Å²) in [6.07, 6.45) is 6.74. The molecule has 16 heavy (non-hydrogen) atoms. The molecule has 1 unspecified atom stereocenters. The molecule has 1 aromatic rings.